The number of nitrogens with zero attached hydrogens (tertiary/aromatic N) is 1. The molecule has 0 amide bonds. The third-order valence-corrected chi connectivity index (χ3v) is 2.18. The Kier molecular flexibility index (Phi) is 3.64. The Morgan fingerprint density at radius 1 is 1.43 bits per heavy atom. The van der Waals surface area contributed by atoms with Gasteiger partial charge in [0.2, 0.25) is 0 Å². The second-order valence-electron chi connectivity index (χ2n) is 2.27. The van der Waals surface area contributed by atoms with Gasteiger partial charge in [-0.15, -0.1) is 0 Å². The van der Waals surface area contributed by atoms with Crippen molar-refractivity contribution in [2.75, 3.05) is 0 Å². The van der Waals surface area contributed by atoms with E-state index >= 15 is 0 Å². The second-order valence-corrected chi connectivity index (χ2v) is 3.38. The van der Waals surface area contributed by atoms with Crippen molar-refractivity contribution in [2.24, 2.45) is 0 Å². The van der Waals surface area contributed by atoms with Gasteiger partial charge >= 0.3 is 0 Å². The van der Waals surface area contributed by atoms with Crippen LogP contribution in [0, 0.1) is 0 Å². The highest BCUT2D eigenvalue weighted by atomic mass is 35.5. The van der Waals surface area contributed by atoms with Gasteiger partial charge in [0.05, 0.1) is 10.6 Å². The van der Waals surface area contributed by atoms with Crippen LogP contribution < -0.4 is 0 Å². The van der Waals surface area contributed by atoms with Crippen molar-refractivity contribution >= 4 is 40.0 Å². The van der Waals surface area contributed by atoms with E-state index in [9.17, 15) is 13.6 Å². The summed E-state index contributed by atoms with van der Waals surface area (Å²) in [4.78, 5) is 14.0. The van der Waals surface area contributed by atoms with E-state index in [0.717, 1.165) is 6.07 Å². The minimum atomic E-state index is -2.85. The molecule has 0 saturated carbocycles. The summed E-state index contributed by atoms with van der Waals surface area (Å²) in [6.45, 7) is 0. The molecule has 0 aliphatic carbocycles. The highest BCUT2D eigenvalue weighted by Gasteiger charge is 2.20. The van der Waals surface area contributed by atoms with Gasteiger partial charge in [0.15, 0.2) is 0 Å². The van der Waals surface area contributed by atoms with E-state index in [1.54, 1.807) is 0 Å². The van der Waals surface area contributed by atoms with Crippen LogP contribution in [0.5, 0.6) is 0 Å². The highest BCUT2D eigenvalue weighted by molar-refractivity contribution is 6.67. The number of carbonyl (C=O) groups is 1. The molecule has 0 aliphatic heterocycles. The molecule has 7 heteroatoms. The average molecular weight is 260 g/mol. The number of aromatic nitrogens is 1. The minimum absolute atomic E-state index is 0.258. The lowest BCUT2D eigenvalue weighted by Gasteiger charge is -2.05. The van der Waals surface area contributed by atoms with Crippen LogP contribution in [0.25, 0.3) is 0 Å². The van der Waals surface area contributed by atoms with Crippen molar-refractivity contribution in [1.82, 2.24) is 4.98 Å². The van der Waals surface area contributed by atoms with Gasteiger partial charge in [0.25, 0.3) is 11.7 Å². The number of hydrogen-bond donors (Lipinski definition) is 0. The van der Waals surface area contributed by atoms with Gasteiger partial charge in [-0.1, -0.05) is 23.2 Å². The van der Waals surface area contributed by atoms with E-state index in [1.165, 1.54) is 0 Å². The van der Waals surface area contributed by atoms with Crippen molar-refractivity contribution in [3.05, 3.63) is 27.5 Å². The molecular formula is C7H2Cl3F2NO. The number of alkyl halides is 2. The minimum Gasteiger partial charge on any atom is -0.274 e. The predicted molar refractivity (Wildman–Crippen MR) is 49.4 cm³/mol. The SMILES string of the molecule is O=C(Cl)c1cc(Cl)c(C(F)F)c(Cl)n1. The van der Waals surface area contributed by atoms with Gasteiger partial charge < -0.3 is 0 Å². The summed E-state index contributed by atoms with van der Waals surface area (Å²) in [6, 6.07) is 0.949. The molecule has 14 heavy (non-hydrogen) atoms. The first-order valence-corrected chi connectivity index (χ1v) is 4.40. The molecule has 0 spiro atoms. The molecule has 0 aliphatic rings. The van der Waals surface area contributed by atoms with Crippen LogP contribution in [0.15, 0.2) is 6.07 Å². The lowest BCUT2D eigenvalue weighted by molar-refractivity contribution is 0.107. The number of halogens is 5. The molecule has 0 bridgehead atoms. The zero-order chi connectivity index (χ0) is 10.9. The summed E-state index contributed by atoms with van der Waals surface area (Å²) in [5, 5.41) is -1.75. The zero-order valence-corrected chi connectivity index (χ0v) is 8.67. The lowest BCUT2D eigenvalue weighted by Crippen LogP contribution is -1.99. The Morgan fingerprint density at radius 2 is 2.00 bits per heavy atom. The van der Waals surface area contributed by atoms with Crippen LogP contribution >= 0.6 is 34.8 Å². The molecule has 0 atom stereocenters. The summed E-state index contributed by atoms with van der Waals surface area (Å²) in [5.74, 6) is 0. The lowest BCUT2D eigenvalue weighted by atomic mass is 10.2. The largest absolute Gasteiger partial charge is 0.274 e. The van der Waals surface area contributed by atoms with E-state index in [2.05, 4.69) is 4.98 Å². The van der Waals surface area contributed by atoms with Gasteiger partial charge in [0.1, 0.15) is 10.8 Å². The predicted octanol–water partition coefficient (Wildman–Crippen LogP) is 3.71. The van der Waals surface area contributed by atoms with Crippen molar-refractivity contribution in [3.63, 3.8) is 0 Å². The van der Waals surface area contributed by atoms with E-state index in [1.807, 2.05) is 0 Å². The maximum Gasteiger partial charge on any atom is 0.270 e. The van der Waals surface area contributed by atoms with Gasteiger partial charge in [-0.25, -0.2) is 13.8 Å². The molecular weight excluding hydrogens is 258 g/mol. The van der Waals surface area contributed by atoms with Crippen LogP contribution in [-0.2, 0) is 0 Å². The first kappa shape index (κ1) is 11.6. The standard InChI is InChI=1S/C7H2Cl3F2NO/c8-2-1-3(6(10)14)13-5(9)4(2)7(11)12/h1,7H. The number of pyridine rings is 1. The van der Waals surface area contributed by atoms with Crippen LogP contribution in [-0.4, -0.2) is 10.2 Å². The number of rotatable bonds is 2. The fourth-order valence-corrected chi connectivity index (χ4v) is 1.49. The fourth-order valence-electron chi connectivity index (χ4n) is 0.790. The maximum atomic E-state index is 12.3. The third kappa shape index (κ3) is 2.32. The van der Waals surface area contributed by atoms with Crippen molar-refractivity contribution < 1.29 is 13.6 Å². The molecule has 1 aromatic heterocycles. The molecule has 0 saturated heterocycles. The third-order valence-electron chi connectivity index (χ3n) is 1.38. The topological polar surface area (TPSA) is 30.0 Å². The van der Waals surface area contributed by atoms with Crippen LogP contribution in [0.2, 0.25) is 10.2 Å². The second kappa shape index (κ2) is 4.38. The van der Waals surface area contributed by atoms with Crippen molar-refractivity contribution in [2.45, 2.75) is 6.43 Å². The summed E-state index contributed by atoms with van der Waals surface area (Å²) in [5.41, 5.74) is -0.860. The van der Waals surface area contributed by atoms with Gasteiger partial charge in [0, 0.05) is 0 Å². The maximum absolute atomic E-state index is 12.3. The van der Waals surface area contributed by atoms with E-state index < -0.39 is 22.4 Å². The summed E-state index contributed by atoms with van der Waals surface area (Å²) < 4.78 is 24.6. The van der Waals surface area contributed by atoms with Crippen LogP contribution in [0.4, 0.5) is 8.78 Å². The first-order chi connectivity index (χ1) is 6.43. The molecule has 0 aromatic carbocycles. The summed E-state index contributed by atoms with van der Waals surface area (Å²) in [6.07, 6.45) is -2.85. The van der Waals surface area contributed by atoms with Gasteiger partial charge in [-0.2, -0.15) is 0 Å². The Bertz CT molecular complexity index is 360. The Hall–Kier alpha value is -0.450. The summed E-state index contributed by atoms with van der Waals surface area (Å²) in [7, 11) is 0. The van der Waals surface area contributed by atoms with E-state index in [4.69, 9.17) is 34.8 Å². The average Bonchev–Trinajstić information content (AvgIpc) is 2.01. The quantitative estimate of drug-likeness (QED) is 0.599. The van der Waals surface area contributed by atoms with Gasteiger partial charge in [-0.05, 0) is 17.7 Å². The first-order valence-electron chi connectivity index (χ1n) is 3.27. The molecule has 1 rings (SSSR count). The molecule has 0 unspecified atom stereocenters. The molecule has 0 N–H and O–H groups in total. The van der Waals surface area contributed by atoms with E-state index in [0.29, 0.717) is 0 Å². The van der Waals surface area contributed by atoms with Crippen molar-refractivity contribution in [1.29, 1.82) is 0 Å². The molecule has 0 radical (unpaired) electrons. The molecule has 1 aromatic rings. The van der Waals surface area contributed by atoms with E-state index in [-0.39, 0.29) is 10.7 Å². The van der Waals surface area contributed by atoms with Gasteiger partial charge in [-0.3, -0.25) is 4.79 Å². The number of carbonyl (C=O) groups excluding carboxylic acids is 1. The van der Waals surface area contributed by atoms with Crippen LogP contribution in [0.1, 0.15) is 22.5 Å². The Balaban J connectivity index is 3.32. The van der Waals surface area contributed by atoms with Crippen LogP contribution in [0.3, 0.4) is 0 Å². The van der Waals surface area contributed by atoms with Crippen molar-refractivity contribution in [3.8, 4) is 0 Å². The fraction of sp³-hybridized carbons (Fsp3) is 0.143. The molecule has 2 nitrogen and oxygen atoms in total. The normalized spacial score (nSPS) is 10.7. The molecule has 1 heterocycles. The smallest absolute Gasteiger partial charge is 0.270 e. The monoisotopic (exact) mass is 259 g/mol. The Morgan fingerprint density at radius 3 is 2.36 bits per heavy atom. The summed E-state index contributed by atoms with van der Waals surface area (Å²) >= 11 is 15.9. The zero-order valence-electron chi connectivity index (χ0n) is 6.40. The molecule has 0 fully saturated rings. The number of hydrogen-bond acceptors (Lipinski definition) is 2. The highest BCUT2D eigenvalue weighted by Crippen LogP contribution is 2.32. The molecule has 76 valence electrons. The Labute approximate surface area is 92.8 Å².